The molecule has 2 aromatic carbocycles. The predicted molar refractivity (Wildman–Crippen MR) is 66.6 cm³/mol. The van der Waals surface area contributed by atoms with Gasteiger partial charge in [-0.2, -0.15) is 4.80 Å². The first-order valence-electron chi connectivity index (χ1n) is 4.91. The summed E-state index contributed by atoms with van der Waals surface area (Å²) < 4.78 is 0.965. The number of fused-ring (bicyclic) bond motifs is 1. The molecule has 0 saturated heterocycles. The molecular weight excluding hydrogens is 266 g/mol. The molecule has 0 saturated carbocycles. The molecule has 1 heterocycles. The summed E-state index contributed by atoms with van der Waals surface area (Å²) in [5.74, 6) is 0. The van der Waals surface area contributed by atoms with Crippen LogP contribution in [0, 0.1) is 0 Å². The summed E-state index contributed by atoms with van der Waals surface area (Å²) in [5.41, 5.74) is 2.73. The van der Waals surface area contributed by atoms with Crippen molar-refractivity contribution in [1.82, 2.24) is 15.0 Å². The Hall–Kier alpha value is -1.68. The first-order valence-corrected chi connectivity index (χ1v) is 5.71. The molecule has 0 N–H and O–H groups in total. The van der Waals surface area contributed by atoms with Gasteiger partial charge in [0, 0.05) is 4.47 Å². The molecule has 0 atom stereocenters. The molecule has 3 aromatic rings. The molecule has 0 bridgehead atoms. The number of aromatic nitrogens is 3. The van der Waals surface area contributed by atoms with Crippen LogP contribution in [0.5, 0.6) is 0 Å². The molecule has 0 unspecified atom stereocenters. The third-order valence-electron chi connectivity index (χ3n) is 2.35. The number of para-hydroxylation sites is 1. The van der Waals surface area contributed by atoms with Crippen molar-refractivity contribution < 1.29 is 0 Å². The highest BCUT2D eigenvalue weighted by atomic mass is 79.9. The topological polar surface area (TPSA) is 30.7 Å². The van der Waals surface area contributed by atoms with E-state index in [1.54, 1.807) is 4.80 Å². The Morgan fingerprint density at radius 3 is 2.44 bits per heavy atom. The summed E-state index contributed by atoms with van der Waals surface area (Å²) in [6.07, 6.45) is 0. The zero-order chi connectivity index (χ0) is 11.0. The number of halogens is 1. The summed E-state index contributed by atoms with van der Waals surface area (Å²) in [5, 5.41) is 8.86. The lowest BCUT2D eigenvalue weighted by Gasteiger charge is -1.96. The van der Waals surface area contributed by atoms with Gasteiger partial charge >= 0.3 is 0 Å². The Balaban J connectivity index is 2.23. The Bertz CT molecular complexity index is 631. The maximum absolute atomic E-state index is 4.44. The first-order chi connectivity index (χ1) is 7.84. The van der Waals surface area contributed by atoms with Crippen LogP contribution < -0.4 is 0 Å². The van der Waals surface area contributed by atoms with Gasteiger partial charge in [0.05, 0.1) is 5.69 Å². The van der Waals surface area contributed by atoms with Gasteiger partial charge in [-0.3, -0.25) is 0 Å². The van der Waals surface area contributed by atoms with Gasteiger partial charge in [-0.1, -0.05) is 24.3 Å². The van der Waals surface area contributed by atoms with Gasteiger partial charge in [0.25, 0.3) is 0 Å². The van der Waals surface area contributed by atoms with Crippen LogP contribution in [0.25, 0.3) is 16.7 Å². The Kier molecular flexibility index (Phi) is 2.22. The quantitative estimate of drug-likeness (QED) is 0.682. The summed E-state index contributed by atoms with van der Waals surface area (Å²) in [7, 11) is 0. The second-order valence-corrected chi connectivity index (χ2v) is 4.29. The molecule has 3 nitrogen and oxygen atoms in total. The molecule has 0 radical (unpaired) electrons. The van der Waals surface area contributed by atoms with E-state index in [0.29, 0.717) is 0 Å². The van der Waals surface area contributed by atoms with Crippen molar-refractivity contribution in [2.24, 2.45) is 0 Å². The number of nitrogens with zero attached hydrogens (tertiary/aromatic N) is 3. The van der Waals surface area contributed by atoms with Crippen molar-refractivity contribution in [3.8, 4) is 5.69 Å². The lowest BCUT2D eigenvalue weighted by Crippen LogP contribution is -1.97. The maximum atomic E-state index is 4.44. The molecule has 0 aliphatic rings. The zero-order valence-corrected chi connectivity index (χ0v) is 9.92. The average molecular weight is 274 g/mol. The van der Waals surface area contributed by atoms with Crippen LogP contribution in [0.2, 0.25) is 0 Å². The van der Waals surface area contributed by atoms with E-state index in [-0.39, 0.29) is 0 Å². The molecule has 0 fully saturated rings. The Morgan fingerprint density at radius 1 is 0.875 bits per heavy atom. The minimum atomic E-state index is 0.881. The van der Waals surface area contributed by atoms with Gasteiger partial charge in [-0.25, -0.2) is 0 Å². The lowest BCUT2D eigenvalue weighted by molar-refractivity contribution is 0.765. The number of rotatable bonds is 1. The van der Waals surface area contributed by atoms with Crippen LogP contribution in [-0.2, 0) is 0 Å². The highest BCUT2D eigenvalue weighted by molar-refractivity contribution is 9.10. The molecule has 0 amide bonds. The number of benzene rings is 2. The third-order valence-corrected chi connectivity index (χ3v) is 2.99. The van der Waals surface area contributed by atoms with Crippen LogP contribution in [0.4, 0.5) is 0 Å². The van der Waals surface area contributed by atoms with Gasteiger partial charge in [-0.15, -0.1) is 10.2 Å². The van der Waals surface area contributed by atoms with Crippen LogP contribution >= 0.6 is 15.9 Å². The minimum Gasteiger partial charge on any atom is -0.150 e. The summed E-state index contributed by atoms with van der Waals surface area (Å²) >= 11 is 3.47. The van der Waals surface area contributed by atoms with Gasteiger partial charge < -0.3 is 0 Å². The number of hydrogen-bond donors (Lipinski definition) is 0. The van der Waals surface area contributed by atoms with Crippen molar-refractivity contribution in [3.05, 3.63) is 53.0 Å². The molecule has 0 spiro atoms. The second kappa shape index (κ2) is 3.72. The van der Waals surface area contributed by atoms with E-state index in [4.69, 9.17) is 0 Å². The molecule has 78 valence electrons. The normalized spacial score (nSPS) is 10.8. The van der Waals surface area contributed by atoms with Crippen molar-refractivity contribution in [2.45, 2.75) is 0 Å². The first kappa shape index (κ1) is 9.54. The SMILES string of the molecule is Brc1cccc2nn(-c3ccccc3)nc12. The number of hydrogen-bond acceptors (Lipinski definition) is 2. The zero-order valence-electron chi connectivity index (χ0n) is 8.34. The molecule has 0 aliphatic heterocycles. The fourth-order valence-electron chi connectivity index (χ4n) is 1.58. The standard InChI is InChI=1S/C12H8BrN3/c13-10-7-4-8-11-12(10)15-16(14-11)9-5-2-1-3-6-9/h1-8H. The highest BCUT2D eigenvalue weighted by Gasteiger charge is 2.06. The van der Waals surface area contributed by atoms with E-state index in [0.717, 1.165) is 21.2 Å². The molecule has 3 rings (SSSR count). The maximum Gasteiger partial charge on any atom is 0.127 e. The molecular formula is C12H8BrN3. The Morgan fingerprint density at radius 2 is 1.69 bits per heavy atom. The van der Waals surface area contributed by atoms with Crippen molar-refractivity contribution in [3.63, 3.8) is 0 Å². The fraction of sp³-hybridized carbons (Fsp3) is 0. The Labute approximate surface area is 101 Å². The van der Waals surface area contributed by atoms with Crippen LogP contribution in [-0.4, -0.2) is 15.0 Å². The van der Waals surface area contributed by atoms with Crippen molar-refractivity contribution in [1.29, 1.82) is 0 Å². The van der Waals surface area contributed by atoms with Crippen molar-refractivity contribution in [2.75, 3.05) is 0 Å². The van der Waals surface area contributed by atoms with Gasteiger partial charge in [-0.05, 0) is 40.2 Å². The smallest absolute Gasteiger partial charge is 0.127 e. The van der Waals surface area contributed by atoms with Gasteiger partial charge in [0.2, 0.25) is 0 Å². The summed E-state index contributed by atoms with van der Waals surface area (Å²) in [6, 6.07) is 15.7. The summed E-state index contributed by atoms with van der Waals surface area (Å²) in [6.45, 7) is 0. The second-order valence-electron chi connectivity index (χ2n) is 3.43. The molecule has 16 heavy (non-hydrogen) atoms. The van der Waals surface area contributed by atoms with Crippen molar-refractivity contribution >= 4 is 27.0 Å². The van der Waals surface area contributed by atoms with Gasteiger partial charge in [0.15, 0.2) is 0 Å². The molecule has 4 heteroatoms. The highest BCUT2D eigenvalue weighted by Crippen LogP contribution is 2.21. The monoisotopic (exact) mass is 273 g/mol. The predicted octanol–water partition coefficient (Wildman–Crippen LogP) is 3.18. The van der Waals surface area contributed by atoms with E-state index in [2.05, 4.69) is 26.1 Å². The summed E-state index contributed by atoms with van der Waals surface area (Å²) in [4.78, 5) is 1.65. The lowest BCUT2D eigenvalue weighted by atomic mass is 10.3. The van der Waals surface area contributed by atoms with E-state index >= 15 is 0 Å². The fourth-order valence-corrected chi connectivity index (χ4v) is 2.01. The largest absolute Gasteiger partial charge is 0.150 e. The minimum absolute atomic E-state index is 0.881. The van der Waals surface area contributed by atoms with Crippen LogP contribution in [0.1, 0.15) is 0 Å². The molecule has 1 aromatic heterocycles. The van der Waals surface area contributed by atoms with E-state index < -0.39 is 0 Å². The van der Waals surface area contributed by atoms with E-state index in [9.17, 15) is 0 Å². The van der Waals surface area contributed by atoms with E-state index in [1.807, 2.05) is 48.5 Å². The van der Waals surface area contributed by atoms with Crippen LogP contribution in [0.15, 0.2) is 53.0 Å². The average Bonchev–Trinajstić information content (AvgIpc) is 2.76. The van der Waals surface area contributed by atoms with Crippen LogP contribution in [0.3, 0.4) is 0 Å². The third kappa shape index (κ3) is 1.51. The van der Waals surface area contributed by atoms with Gasteiger partial charge in [0.1, 0.15) is 11.0 Å². The van der Waals surface area contributed by atoms with E-state index in [1.165, 1.54) is 0 Å². The molecule has 0 aliphatic carbocycles.